The fraction of sp³-hybridized carbons (Fsp3) is 0.714. The minimum Gasteiger partial charge on any atom is -0.450 e. The molecule has 9 heteroatoms. The highest BCUT2D eigenvalue weighted by atomic mass is 127. The third-order valence-corrected chi connectivity index (χ3v) is 6.90. The number of hydrogen-bond donors (Lipinski definition) is 2. The summed E-state index contributed by atoms with van der Waals surface area (Å²) in [5.41, 5.74) is 0. The van der Waals surface area contributed by atoms with Crippen molar-refractivity contribution in [2.24, 2.45) is 10.9 Å². The number of amides is 1. The molecule has 1 amide bonds. The van der Waals surface area contributed by atoms with Crippen molar-refractivity contribution in [1.82, 2.24) is 20.4 Å². The predicted molar refractivity (Wildman–Crippen MR) is 134 cm³/mol. The summed E-state index contributed by atoms with van der Waals surface area (Å²) >= 11 is 1.85. The quantitative estimate of drug-likeness (QED) is 0.334. The largest absolute Gasteiger partial charge is 0.450 e. The van der Waals surface area contributed by atoms with Crippen molar-refractivity contribution in [3.05, 3.63) is 22.4 Å². The second kappa shape index (κ2) is 12.7. The summed E-state index contributed by atoms with van der Waals surface area (Å²) in [5.74, 6) is 1.43. The van der Waals surface area contributed by atoms with E-state index in [0.717, 1.165) is 45.0 Å². The molecule has 0 spiro atoms. The number of guanidine groups is 1. The summed E-state index contributed by atoms with van der Waals surface area (Å²) in [5, 5.41) is 9.28. The summed E-state index contributed by atoms with van der Waals surface area (Å²) in [6.45, 7) is 5.79. The van der Waals surface area contributed by atoms with Crippen molar-refractivity contribution in [2.45, 2.75) is 44.7 Å². The molecule has 2 unspecified atom stereocenters. The average molecular weight is 550 g/mol. The predicted octanol–water partition coefficient (Wildman–Crippen LogP) is 3.53. The molecule has 1 aromatic rings. The Morgan fingerprint density at radius 2 is 2.07 bits per heavy atom. The Balaban J connectivity index is 0.00000320. The van der Waals surface area contributed by atoms with E-state index in [1.165, 1.54) is 17.7 Å². The van der Waals surface area contributed by atoms with Crippen molar-refractivity contribution in [2.75, 3.05) is 46.9 Å². The summed E-state index contributed by atoms with van der Waals surface area (Å²) in [4.78, 5) is 22.0. The molecule has 3 rings (SSSR count). The van der Waals surface area contributed by atoms with Crippen LogP contribution in [0.2, 0.25) is 0 Å². The normalized spacial score (nSPS) is 23.6. The van der Waals surface area contributed by atoms with Gasteiger partial charge in [-0.15, -0.1) is 35.3 Å². The third kappa shape index (κ3) is 6.71. The Labute approximate surface area is 201 Å². The lowest BCUT2D eigenvalue weighted by atomic mass is 9.88. The van der Waals surface area contributed by atoms with E-state index in [4.69, 9.17) is 4.74 Å². The van der Waals surface area contributed by atoms with Gasteiger partial charge in [-0.05, 0) is 63.6 Å². The Morgan fingerprint density at radius 3 is 2.70 bits per heavy atom. The molecule has 30 heavy (non-hydrogen) atoms. The van der Waals surface area contributed by atoms with Crippen LogP contribution in [0.15, 0.2) is 22.5 Å². The van der Waals surface area contributed by atoms with Crippen LogP contribution in [0.5, 0.6) is 0 Å². The van der Waals surface area contributed by atoms with E-state index in [-0.39, 0.29) is 30.1 Å². The smallest absolute Gasteiger partial charge is 0.409 e. The maximum absolute atomic E-state index is 11.9. The van der Waals surface area contributed by atoms with Crippen LogP contribution in [-0.4, -0.2) is 74.8 Å². The summed E-state index contributed by atoms with van der Waals surface area (Å²) in [6, 6.07) is 5.21. The maximum atomic E-state index is 11.9. The minimum absolute atomic E-state index is 0. The van der Waals surface area contributed by atoms with Crippen molar-refractivity contribution >= 4 is 47.4 Å². The zero-order chi connectivity index (χ0) is 20.6. The number of halogens is 1. The number of ether oxygens (including phenoxy) is 1. The van der Waals surface area contributed by atoms with Gasteiger partial charge in [0.2, 0.25) is 0 Å². The monoisotopic (exact) mass is 549 g/mol. The van der Waals surface area contributed by atoms with Crippen molar-refractivity contribution in [3.63, 3.8) is 0 Å². The lowest BCUT2D eigenvalue weighted by molar-refractivity contribution is 0.0962. The summed E-state index contributed by atoms with van der Waals surface area (Å²) < 4.78 is 5.10. The van der Waals surface area contributed by atoms with Gasteiger partial charge >= 0.3 is 6.09 Å². The Bertz CT molecular complexity index is 664. The third-order valence-electron chi connectivity index (χ3n) is 5.96. The molecule has 0 bridgehead atoms. The van der Waals surface area contributed by atoms with Crippen LogP contribution in [0.3, 0.4) is 0 Å². The van der Waals surface area contributed by atoms with E-state index >= 15 is 0 Å². The van der Waals surface area contributed by atoms with Gasteiger partial charge in [0, 0.05) is 43.6 Å². The fourth-order valence-electron chi connectivity index (χ4n) is 4.42. The van der Waals surface area contributed by atoms with E-state index in [0.29, 0.717) is 24.6 Å². The highest BCUT2D eigenvalue weighted by Crippen LogP contribution is 2.36. The van der Waals surface area contributed by atoms with E-state index in [1.54, 1.807) is 4.90 Å². The maximum Gasteiger partial charge on any atom is 0.409 e. The molecular formula is C21H36IN5O2S. The molecule has 170 valence electrons. The van der Waals surface area contributed by atoms with E-state index < -0.39 is 0 Å². The van der Waals surface area contributed by atoms with E-state index in [9.17, 15) is 4.79 Å². The van der Waals surface area contributed by atoms with Gasteiger partial charge < -0.3 is 20.3 Å². The van der Waals surface area contributed by atoms with Crippen LogP contribution in [0.4, 0.5) is 4.79 Å². The number of hydrogen-bond acceptors (Lipinski definition) is 5. The lowest BCUT2D eigenvalue weighted by Crippen LogP contribution is -2.51. The van der Waals surface area contributed by atoms with Crippen LogP contribution < -0.4 is 10.6 Å². The van der Waals surface area contributed by atoms with Crippen molar-refractivity contribution in [1.29, 1.82) is 0 Å². The first-order valence-electron chi connectivity index (χ1n) is 10.7. The van der Waals surface area contributed by atoms with E-state index in [2.05, 4.69) is 45.1 Å². The standard InChI is InChI=1S/C21H35N5O2S.HI/c1-4-28-21(27)26-12-9-17(10-13-26)24-20(22-2)23-15-16-7-5-11-25(3)19(16)18-8-6-14-29-18;/h6,8,14,16-17,19H,4-5,7,9-13,15H2,1-3H3,(H2,22,23,24);1H. The molecule has 0 radical (unpaired) electrons. The number of nitrogens with zero attached hydrogens (tertiary/aromatic N) is 3. The summed E-state index contributed by atoms with van der Waals surface area (Å²) in [7, 11) is 4.06. The molecule has 7 nitrogen and oxygen atoms in total. The van der Waals surface area contributed by atoms with Crippen LogP contribution in [0.1, 0.15) is 43.5 Å². The van der Waals surface area contributed by atoms with Gasteiger partial charge in [-0.3, -0.25) is 9.89 Å². The summed E-state index contributed by atoms with van der Waals surface area (Å²) in [6.07, 6.45) is 4.08. The number of carbonyl (C=O) groups excluding carboxylic acids is 1. The average Bonchev–Trinajstić information content (AvgIpc) is 3.26. The van der Waals surface area contributed by atoms with E-state index in [1.807, 2.05) is 25.3 Å². The SMILES string of the molecule is CCOC(=O)N1CCC(NC(=NC)NCC2CCCN(C)C2c2cccs2)CC1.I. The molecule has 0 aromatic carbocycles. The van der Waals surface area contributed by atoms with Gasteiger partial charge in [0.15, 0.2) is 5.96 Å². The van der Waals surface area contributed by atoms with Crippen molar-refractivity contribution < 1.29 is 9.53 Å². The number of carbonyl (C=O) groups is 1. The van der Waals surface area contributed by atoms with Gasteiger partial charge in [-0.2, -0.15) is 0 Å². The minimum atomic E-state index is -0.200. The number of piperidine rings is 2. The number of thiophene rings is 1. The fourth-order valence-corrected chi connectivity index (χ4v) is 5.40. The number of nitrogens with one attached hydrogen (secondary N) is 2. The molecule has 1 aromatic heterocycles. The van der Waals surface area contributed by atoms with Gasteiger partial charge in [0.05, 0.1) is 6.61 Å². The highest BCUT2D eigenvalue weighted by Gasteiger charge is 2.31. The zero-order valence-corrected chi connectivity index (χ0v) is 21.4. The highest BCUT2D eigenvalue weighted by molar-refractivity contribution is 14.0. The van der Waals surface area contributed by atoms with Crippen LogP contribution in [0, 0.1) is 5.92 Å². The number of likely N-dealkylation sites (tertiary alicyclic amines) is 2. The van der Waals surface area contributed by atoms with Crippen LogP contribution in [-0.2, 0) is 4.74 Å². The molecule has 2 saturated heterocycles. The molecule has 2 aliphatic heterocycles. The zero-order valence-electron chi connectivity index (χ0n) is 18.3. The second-order valence-corrected chi connectivity index (χ2v) is 8.88. The van der Waals surface area contributed by atoms with Crippen molar-refractivity contribution in [3.8, 4) is 0 Å². The Morgan fingerprint density at radius 1 is 1.30 bits per heavy atom. The topological polar surface area (TPSA) is 69.2 Å². The molecule has 2 fully saturated rings. The Kier molecular flexibility index (Phi) is 10.7. The first-order chi connectivity index (χ1) is 14.1. The molecule has 2 N–H and O–H groups in total. The molecule has 0 aliphatic carbocycles. The molecule has 3 heterocycles. The van der Waals surface area contributed by atoms with Gasteiger partial charge in [0.1, 0.15) is 0 Å². The van der Waals surface area contributed by atoms with Crippen LogP contribution >= 0.6 is 35.3 Å². The first-order valence-corrected chi connectivity index (χ1v) is 11.6. The number of aliphatic imine (C=N–C) groups is 1. The molecule has 2 atom stereocenters. The molecule has 2 aliphatic rings. The second-order valence-electron chi connectivity index (χ2n) is 7.90. The Hall–Kier alpha value is -1.07. The van der Waals surface area contributed by atoms with Gasteiger partial charge in [-0.25, -0.2) is 4.79 Å². The van der Waals surface area contributed by atoms with Crippen LogP contribution in [0.25, 0.3) is 0 Å². The molecular weight excluding hydrogens is 513 g/mol. The van der Waals surface area contributed by atoms with Gasteiger partial charge in [-0.1, -0.05) is 6.07 Å². The number of rotatable bonds is 5. The van der Waals surface area contributed by atoms with Gasteiger partial charge in [0.25, 0.3) is 0 Å². The first kappa shape index (κ1) is 25.2. The lowest BCUT2D eigenvalue weighted by Gasteiger charge is -2.39. The molecule has 0 saturated carbocycles.